The fraction of sp³-hybridized carbons (Fsp3) is 0.429. The van der Waals surface area contributed by atoms with Gasteiger partial charge < -0.3 is 5.32 Å². The number of alkyl halides is 6. The van der Waals surface area contributed by atoms with Crippen LogP contribution in [-0.4, -0.2) is 28.5 Å². The number of pyridine rings is 1. The predicted molar refractivity (Wildman–Crippen MR) is 101 cm³/mol. The van der Waals surface area contributed by atoms with Crippen LogP contribution in [0.4, 0.5) is 26.3 Å². The molecule has 1 atom stereocenters. The Bertz CT molecular complexity index is 938. The normalized spacial score (nSPS) is 17.1. The number of carbonyl (C=O) groups excluding carboxylic acids is 1. The number of amides is 1. The Morgan fingerprint density at radius 2 is 1.81 bits per heavy atom. The molecule has 1 aromatic heterocycles. The van der Waals surface area contributed by atoms with Gasteiger partial charge in [-0.1, -0.05) is 26.0 Å². The molecule has 10 heteroatoms. The maximum absolute atomic E-state index is 12.8. The number of nitrogens with one attached hydrogen (secondary N) is 1. The lowest BCUT2D eigenvalue weighted by atomic mass is 9.99. The van der Waals surface area contributed by atoms with E-state index in [1.165, 1.54) is 24.4 Å². The molecular formula is C21H21F6N3O. The van der Waals surface area contributed by atoms with Crippen molar-refractivity contribution in [3.05, 3.63) is 64.5 Å². The first-order chi connectivity index (χ1) is 14.3. The molecule has 0 saturated heterocycles. The molecule has 1 aliphatic heterocycles. The molecule has 0 spiro atoms. The van der Waals surface area contributed by atoms with Gasteiger partial charge in [0.25, 0.3) is 5.91 Å². The largest absolute Gasteiger partial charge is 0.416 e. The highest BCUT2D eigenvalue weighted by atomic mass is 19.4. The quantitative estimate of drug-likeness (QED) is 0.651. The maximum Gasteiger partial charge on any atom is 0.416 e. The van der Waals surface area contributed by atoms with Gasteiger partial charge in [-0.15, -0.1) is 0 Å². The van der Waals surface area contributed by atoms with Crippen molar-refractivity contribution in [2.45, 2.75) is 45.3 Å². The third-order valence-corrected chi connectivity index (χ3v) is 5.06. The monoisotopic (exact) mass is 445 g/mol. The van der Waals surface area contributed by atoms with E-state index in [1.54, 1.807) is 0 Å². The van der Waals surface area contributed by atoms with E-state index >= 15 is 0 Å². The van der Waals surface area contributed by atoms with Gasteiger partial charge in [-0.05, 0) is 35.2 Å². The number of rotatable bonds is 5. The van der Waals surface area contributed by atoms with Crippen LogP contribution in [0.3, 0.4) is 0 Å². The molecule has 0 saturated carbocycles. The van der Waals surface area contributed by atoms with E-state index < -0.39 is 30.4 Å². The van der Waals surface area contributed by atoms with Crippen LogP contribution in [0.25, 0.3) is 0 Å². The maximum atomic E-state index is 12.8. The molecular weight excluding hydrogens is 424 g/mol. The van der Waals surface area contributed by atoms with Gasteiger partial charge in [0.05, 0.1) is 22.9 Å². The van der Waals surface area contributed by atoms with Crippen LogP contribution in [0.2, 0.25) is 0 Å². The molecule has 1 aliphatic rings. The average Bonchev–Trinajstić information content (AvgIpc) is 3.02. The molecule has 2 heterocycles. The van der Waals surface area contributed by atoms with Crippen molar-refractivity contribution in [3.8, 4) is 0 Å². The van der Waals surface area contributed by atoms with E-state index in [-0.39, 0.29) is 17.5 Å². The van der Waals surface area contributed by atoms with E-state index in [0.717, 1.165) is 12.1 Å². The smallest absolute Gasteiger partial charge is 0.343 e. The van der Waals surface area contributed by atoms with Gasteiger partial charge in [0.1, 0.15) is 6.54 Å². The Morgan fingerprint density at radius 3 is 2.35 bits per heavy atom. The minimum absolute atomic E-state index is 0.0295. The number of hydrogen-bond acceptors (Lipinski definition) is 3. The summed E-state index contributed by atoms with van der Waals surface area (Å²) in [6, 6.07) is 6.30. The zero-order chi connectivity index (χ0) is 23.0. The first kappa shape index (κ1) is 23.1. The molecule has 2 aromatic rings. The number of benzene rings is 1. The molecule has 0 fully saturated rings. The van der Waals surface area contributed by atoms with Crippen molar-refractivity contribution in [2.75, 3.05) is 6.54 Å². The van der Waals surface area contributed by atoms with Crippen LogP contribution < -0.4 is 5.32 Å². The molecule has 1 unspecified atom stereocenters. The molecule has 0 aliphatic carbocycles. The Kier molecular flexibility index (Phi) is 6.31. The SMILES string of the molecule is CC(C)C1c2ncc(C(=O)NCC(F)(F)F)cc2CN1Cc1ccc(C(F)(F)F)cc1. The number of halogens is 6. The van der Waals surface area contributed by atoms with E-state index in [9.17, 15) is 31.1 Å². The van der Waals surface area contributed by atoms with Crippen LogP contribution in [0, 0.1) is 5.92 Å². The molecule has 0 bridgehead atoms. The fourth-order valence-corrected chi connectivity index (χ4v) is 3.74. The number of aromatic nitrogens is 1. The van der Waals surface area contributed by atoms with Crippen LogP contribution >= 0.6 is 0 Å². The Balaban J connectivity index is 1.78. The van der Waals surface area contributed by atoms with Gasteiger partial charge in [-0.2, -0.15) is 26.3 Å². The highest BCUT2D eigenvalue weighted by Gasteiger charge is 2.35. The summed E-state index contributed by atoms with van der Waals surface area (Å²) in [6.45, 7) is 3.27. The first-order valence-corrected chi connectivity index (χ1v) is 9.59. The molecule has 4 nitrogen and oxygen atoms in total. The second-order valence-electron chi connectivity index (χ2n) is 7.85. The van der Waals surface area contributed by atoms with Crippen molar-refractivity contribution in [1.82, 2.24) is 15.2 Å². The summed E-state index contributed by atoms with van der Waals surface area (Å²) in [5.74, 6) is -0.747. The summed E-state index contributed by atoms with van der Waals surface area (Å²) >= 11 is 0. The number of fused-ring (bicyclic) bond motifs is 1. The third-order valence-electron chi connectivity index (χ3n) is 5.06. The van der Waals surface area contributed by atoms with Crippen molar-refractivity contribution in [2.24, 2.45) is 5.92 Å². The molecule has 1 aromatic carbocycles. The van der Waals surface area contributed by atoms with Crippen molar-refractivity contribution in [3.63, 3.8) is 0 Å². The second-order valence-corrected chi connectivity index (χ2v) is 7.85. The van der Waals surface area contributed by atoms with Crippen molar-refractivity contribution < 1.29 is 31.1 Å². The Morgan fingerprint density at radius 1 is 1.16 bits per heavy atom. The third kappa shape index (κ3) is 5.55. The standard InChI is InChI=1S/C21H21F6N3O/c1-12(2)18-17-15(7-14(8-28-17)19(31)29-11-20(22,23)24)10-30(18)9-13-3-5-16(6-4-13)21(25,26)27/h3-8,12,18H,9-11H2,1-2H3,(H,29,31). The summed E-state index contributed by atoms with van der Waals surface area (Å²) in [5.41, 5.74) is 1.42. The topological polar surface area (TPSA) is 45.2 Å². The highest BCUT2D eigenvalue weighted by molar-refractivity contribution is 5.94. The lowest BCUT2D eigenvalue weighted by molar-refractivity contribution is -0.137. The summed E-state index contributed by atoms with van der Waals surface area (Å²) in [5, 5.41) is 1.82. The summed E-state index contributed by atoms with van der Waals surface area (Å²) < 4.78 is 75.4. The molecule has 0 radical (unpaired) electrons. The van der Waals surface area contributed by atoms with Gasteiger partial charge in [-0.25, -0.2) is 0 Å². The molecule has 31 heavy (non-hydrogen) atoms. The fourth-order valence-electron chi connectivity index (χ4n) is 3.74. The minimum atomic E-state index is -4.51. The Hall–Kier alpha value is -2.62. The molecule has 168 valence electrons. The van der Waals surface area contributed by atoms with E-state index in [1.807, 2.05) is 24.1 Å². The molecule has 3 rings (SSSR count). The molecule has 1 N–H and O–H groups in total. The minimum Gasteiger partial charge on any atom is -0.343 e. The summed E-state index contributed by atoms with van der Waals surface area (Å²) in [6.07, 6.45) is -7.67. The second kappa shape index (κ2) is 8.49. The summed E-state index contributed by atoms with van der Waals surface area (Å²) in [7, 11) is 0. The van der Waals surface area contributed by atoms with Gasteiger partial charge in [0.15, 0.2) is 0 Å². The van der Waals surface area contributed by atoms with Crippen LogP contribution in [0.15, 0.2) is 36.5 Å². The van der Waals surface area contributed by atoms with E-state index in [0.29, 0.717) is 29.9 Å². The van der Waals surface area contributed by atoms with Gasteiger partial charge in [0.2, 0.25) is 0 Å². The Labute approximate surface area is 175 Å². The number of nitrogens with zero attached hydrogens (tertiary/aromatic N) is 2. The number of hydrogen-bond donors (Lipinski definition) is 1. The summed E-state index contributed by atoms with van der Waals surface area (Å²) in [4.78, 5) is 18.4. The number of carbonyl (C=O) groups is 1. The first-order valence-electron chi connectivity index (χ1n) is 9.59. The molecule has 1 amide bonds. The lowest BCUT2D eigenvalue weighted by Crippen LogP contribution is -2.33. The van der Waals surface area contributed by atoms with Crippen molar-refractivity contribution in [1.29, 1.82) is 0 Å². The van der Waals surface area contributed by atoms with E-state index in [4.69, 9.17) is 0 Å². The van der Waals surface area contributed by atoms with E-state index in [2.05, 4.69) is 4.98 Å². The average molecular weight is 445 g/mol. The van der Waals surface area contributed by atoms with Gasteiger partial charge in [-0.3, -0.25) is 14.7 Å². The van der Waals surface area contributed by atoms with Crippen LogP contribution in [0.5, 0.6) is 0 Å². The highest BCUT2D eigenvalue weighted by Crippen LogP contribution is 2.39. The van der Waals surface area contributed by atoms with Crippen molar-refractivity contribution >= 4 is 5.91 Å². The van der Waals surface area contributed by atoms with Crippen LogP contribution in [0.1, 0.15) is 52.6 Å². The van der Waals surface area contributed by atoms with Crippen LogP contribution in [-0.2, 0) is 19.3 Å². The lowest BCUT2D eigenvalue weighted by Gasteiger charge is -2.27. The predicted octanol–water partition coefficient (Wildman–Crippen LogP) is 5.11. The van der Waals surface area contributed by atoms with Gasteiger partial charge >= 0.3 is 12.4 Å². The zero-order valence-corrected chi connectivity index (χ0v) is 16.8. The zero-order valence-electron chi connectivity index (χ0n) is 16.8. The van der Waals surface area contributed by atoms with Gasteiger partial charge in [0, 0.05) is 19.3 Å².